The van der Waals surface area contributed by atoms with Crippen LogP contribution in [-0.2, 0) is 14.6 Å². The highest BCUT2D eigenvalue weighted by Crippen LogP contribution is 2.45. The van der Waals surface area contributed by atoms with Crippen LogP contribution in [0.5, 0.6) is 0 Å². The molecule has 4 atom stereocenters. The van der Waals surface area contributed by atoms with E-state index in [4.69, 9.17) is 16.0 Å². The third kappa shape index (κ3) is 1.96. The summed E-state index contributed by atoms with van der Waals surface area (Å²) in [6, 6.07) is -2.64. The molecular formula is C9H16N6O8S. The number of nitrogens with one attached hydrogen (secondary N) is 1. The standard InChI is InChI=1S/C9H16N6O8S/c10-6-12-5-3(2-16)15(19)7(11)14-1-4(23-24(20,21)22)9(17,18)8(5,14)13-6/h3-5,16-18H,1-2,11H2,(H3,10,12,13)(H,20,21,22)/t3-,4-,5-,8-/m0/s1. The average Bonchev–Trinajstić information content (AvgIpc) is 2.89. The van der Waals surface area contributed by atoms with Gasteiger partial charge in [0.2, 0.25) is 5.66 Å². The number of aliphatic hydroxyl groups excluding tert-OH is 1. The van der Waals surface area contributed by atoms with Crippen molar-refractivity contribution in [3.05, 3.63) is 5.21 Å². The summed E-state index contributed by atoms with van der Waals surface area (Å²) in [5, 5.41) is 45.2. The third-order valence-electron chi connectivity index (χ3n) is 4.40. The Balaban J connectivity index is 2.16. The number of hydroxylamine groups is 1. The highest BCUT2D eigenvalue weighted by Gasteiger charge is 2.78. The zero-order valence-electron chi connectivity index (χ0n) is 12.0. The minimum Gasteiger partial charge on any atom is -0.744 e. The Morgan fingerprint density at radius 2 is 2.12 bits per heavy atom. The summed E-state index contributed by atoms with van der Waals surface area (Å²) < 4.78 is 35.3. The van der Waals surface area contributed by atoms with Crippen molar-refractivity contribution in [3.8, 4) is 0 Å². The molecule has 136 valence electrons. The topological polar surface area (TPSA) is 230 Å². The summed E-state index contributed by atoms with van der Waals surface area (Å²) in [6.45, 7) is -1.34. The van der Waals surface area contributed by atoms with E-state index in [1.165, 1.54) is 0 Å². The number of hydrogen-bond donors (Lipinski definition) is 7. The fraction of sp³-hybridized carbons (Fsp3) is 0.778. The van der Waals surface area contributed by atoms with E-state index < -0.39 is 59.1 Å². The second kappa shape index (κ2) is 4.80. The quantitative estimate of drug-likeness (QED) is 0.107. The van der Waals surface area contributed by atoms with Crippen LogP contribution >= 0.6 is 0 Å². The van der Waals surface area contributed by atoms with E-state index in [2.05, 4.69) is 14.5 Å². The van der Waals surface area contributed by atoms with Crippen LogP contribution in [0.2, 0.25) is 0 Å². The molecule has 0 saturated carbocycles. The van der Waals surface area contributed by atoms with E-state index in [1.807, 2.05) is 0 Å². The first-order valence-electron chi connectivity index (χ1n) is 6.65. The Hall–Kier alpha value is -1.91. The molecule has 1 spiro atoms. The lowest BCUT2D eigenvalue weighted by atomic mass is 9.86. The molecule has 0 aromatic heterocycles. The van der Waals surface area contributed by atoms with Crippen molar-refractivity contribution in [2.45, 2.75) is 29.6 Å². The number of nitrogens with zero attached hydrogens (tertiary/aromatic N) is 3. The van der Waals surface area contributed by atoms with Crippen molar-refractivity contribution in [3.63, 3.8) is 0 Å². The minimum absolute atomic E-state index is 0.207. The zero-order valence-corrected chi connectivity index (χ0v) is 12.8. The Morgan fingerprint density at radius 3 is 2.67 bits per heavy atom. The first-order chi connectivity index (χ1) is 11.0. The Bertz CT molecular complexity index is 736. The van der Waals surface area contributed by atoms with Gasteiger partial charge >= 0.3 is 16.4 Å². The number of aliphatic imine (C=N–C) groups is 1. The Kier molecular flexibility index (Phi) is 3.39. The van der Waals surface area contributed by atoms with Gasteiger partial charge in [0.1, 0.15) is 12.6 Å². The van der Waals surface area contributed by atoms with Crippen LogP contribution in [0.15, 0.2) is 4.99 Å². The molecule has 24 heavy (non-hydrogen) atoms. The van der Waals surface area contributed by atoms with Crippen molar-refractivity contribution in [2.75, 3.05) is 13.2 Å². The maximum absolute atomic E-state index is 12.2. The van der Waals surface area contributed by atoms with Crippen LogP contribution < -0.4 is 16.8 Å². The zero-order chi connectivity index (χ0) is 18.1. The van der Waals surface area contributed by atoms with Crippen LogP contribution in [-0.4, -0.2) is 92.6 Å². The second-order valence-corrected chi connectivity index (χ2v) is 6.68. The van der Waals surface area contributed by atoms with Crippen LogP contribution in [0, 0.1) is 5.21 Å². The molecule has 1 saturated heterocycles. The van der Waals surface area contributed by atoms with Gasteiger partial charge in [-0.1, -0.05) is 0 Å². The summed E-state index contributed by atoms with van der Waals surface area (Å²) in [5.41, 5.74) is 9.21. The minimum atomic E-state index is -5.05. The third-order valence-corrected chi connectivity index (χ3v) is 4.88. The predicted molar refractivity (Wildman–Crippen MR) is 75.3 cm³/mol. The summed E-state index contributed by atoms with van der Waals surface area (Å²) in [5.74, 6) is -3.83. The Labute approximate surface area is 135 Å². The number of guanidine groups is 2. The molecule has 0 amide bonds. The Morgan fingerprint density at radius 1 is 1.50 bits per heavy atom. The molecule has 0 aromatic rings. The van der Waals surface area contributed by atoms with Crippen molar-refractivity contribution in [2.24, 2.45) is 16.5 Å². The molecule has 3 aliphatic rings. The molecular weight excluding hydrogens is 352 g/mol. The van der Waals surface area contributed by atoms with Gasteiger partial charge in [-0.3, -0.25) is 15.0 Å². The molecule has 0 radical (unpaired) electrons. The van der Waals surface area contributed by atoms with Crippen LogP contribution in [0.1, 0.15) is 0 Å². The molecule has 0 aromatic carbocycles. The van der Waals surface area contributed by atoms with Crippen LogP contribution in [0.3, 0.4) is 0 Å². The maximum Gasteiger partial charge on any atom is 0.397 e. The summed E-state index contributed by atoms with van der Waals surface area (Å²) in [4.78, 5) is 4.82. The van der Waals surface area contributed by atoms with E-state index in [-0.39, 0.29) is 10.7 Å². The average molecular weight is 368 g/mol. The van der Waals surface area contributed by atoms with Crippen LogP contribution in [0.25, 0.3) is 0 Å². The van der Waals surface area contributed by atoms with Crippen molar-refractivity contribution < 1.29 is 37.2 Å². The molecule has 3 rings (SSSR count). The van der Waals surface area contributed by atoms with Gasteiger partial charge in [0.15, 0.2) is 18.1 Å². The lowest BCUT2D eigenvalue weighted by Gasteiger charge is -2.47. The van der Waals surface area contributed by atoms with E-state index in [1.54, 1.807) is 0 Å². The van der Waals surface area contributed by atoms with Gasteiger partial charge in [-0.25, -0.2) is 14.1 Å². The largest absolute Gasteiger partial charge is 0.744 e. The van der Waals surface area contributed by atoms with E-state index in [9.17, 15) is 28.9 Å². The lowest BCUT2D eigenvalue weighted by molar-refractivity contribution is -0.530. The van der Waals surface area contributed by atoms with Gasteiger partial charge in [-0.2, -0.15) is 8.42 Å². The molecule has 3 heterocycles. The lowest BCUT2D eigenvalue weighted by Crippen LogP contribution is -2.79. The fourth-order valence-corrected chi connectivity index (χ4v) is 3.93. The number of rotatable bonds is 3. The van der Waals surface area contributed by atoms with E-state index >= 15 is 0 Å². The molecule has 0 unspecified atom stereocenters. The summed E-state index contributed by atoms with van der Waals surface area (Å²) in [7, 11) is -5.05. The molecule has 0 aliphatic carbocycles. The monoisotopic (exact) mass is 368 g/mol. The van der Waals surface area contributed by atoms with Gasteiger partial charge in [0.25, 0.3) is 5.79 Å². The van der Waals surface area contributed by atoms with Gasteiger partial charge < -0.3 is 31.6 Å². The van der Waals surface area contributed by atoms with Gasteiger partial charge in [0.05, 0.1) is 6.61 Å². The summed E-state index contributed by atoms with van der Waals surface area (Å²) in [6.07, 6.45) is -1.92. The van der Waals surface area contributed by atoms with E-state index in [0.29, 0.717) is 0 Å². The van der Waals surface area contributed by atoms with Gasteiger partial charge in [-0.15, -0.1) is 0 Å². The summed E-state index contributed by atoms with van der Waals surface area (Å²) >= 11 is 0. The fourth-order valence-electron chi connectivity index (χ4n) is 3.44. The normalized spacial score (nSPS) is 37.8. The van der Waals surface area contributed by atoms with E-state index in [0.717, 1.165) is 4.90 Å². The first-order valence-corrected chi connectivity index (χ1v) is 8.01. The molecule has 3 aliphatic heterocycles. The number of aliphatic hydroxyl groups is 3. The molecule has 9 N–H and O–H groups in total. The predicted octanol–water partition coefficient (Wildman–Crippen LogP) is -5.65. The smallest absolute Gasteiger partial charge is 0.397 e. The number of hydrogen-bond acceptors (Lipinski definition) is 12. The second-order valence-electron chi connectivity index (χ2n) is 5.63. The molecule has 14 nitrogen and oxygen atoms in total. The SMILES string of the molecule is NC1=N[C@H]2[C@H](CO)[N+]([O-])=C(N)N3C[C@H](OS(=O)(=O)O)C(O)(O)[C@]23N1. The van der Waals surface area contributed by atoms with Crippen molar-refractivity contribution >= 4 is 22.3 Å². The van der Waals surface area contributed by atoms with Gasteiger partial charge in [-0.05, 0) is 0 Å². The number of nitrogens with two attached hydrogens (primary N) is 2. The van der Waals surface area contributed by atoms with Crippen molar-refractivity contribution in [1.29, 1.82) is 0 Å². The van der Waals surface area contributed by atoms with Gasteiger partial charge in [0, 0.05) is 0 Å². The highest BCUT2D eigenvalue weighted by molar-refractivity contribution is 7.80. The molecule has 0 bridgehead atoms. The van der Waals surface area contributed by atoms with Crippen molar-refractivity contribution in [1.82, 2.24) is 10.2 Å². The van der Waals surface area contributed by atoms with Crippen LogP contribution in [0.4, 0.5) is 0 Å². The highest BCUT2D eigenvalue weighted by atomic mass is 32.3. The molecule has 15 heteroatoms. The molecule has 1 fully saturated rings. The first kappa shape index (κ1) is 16.9. The maximum atomic E-state index is 12.2.